The summed E-state index contributed by atoms with van der Waals surface area (Å²) in [6.07, 6.45) is 0. The molecule has 2 rings (SSSR count). The van der Waals surface area contributed by atoms with Crippen molar-refractivity contribution < 1.29 is 4.39 Å². The van der Waals surface area contributed by atoms with Crippen molar-refractivity contribution in [2.45, 2.75) is 0 Å². The van der Waals surface area contributed by atoms with Gasteiger partial charge in [-0.1, -0.05) is 0 Å². The molecule has 0 saturated heterocycles. The first-order valence-corrected chi connectivity index (χ1v) is 5.65. The van der Waals surface area contributed by atoms with Crippen molar-refractivity contribution in [3.8, 4) is 0 Å². The van der Waals surface area contributed by atoms with Gasteiger partial charge >= 0.3 is 0 Å². The van der Waals surface area contributed by atoms with Crippen LogP contribution >= 0.6 is 0 Å². The molecule has 3 nitrogen and oxygen atoms in total. The molecular weight excluding hydrogens is 229 g/mol. The molecule has 0 aliphatic heterocycles. The zero-order valence-electron chi connectivity index (χ0n) is 10.4. The minimum atomic E-state index is -0.345. The molecule has 18 heavy (non-hydrogen) atoms. The molecule has 94 valence electrons. The summed E-state index contributed by atoms with van der Waals surface area (Å²) in [5.41, 5.74) is 8.64. The quantitative estimate of drug-likeness (QED) is 0.816. The molecule has 2 aromatic carbocycles. The summed E-state index contributed by atoms with van der Waals surface area (Å²) in [7, 11) is 3.96. The molecule has 0 radical (unpaired) electrons. The van der Waals surface area contributed by atoms with Crippen LogP contribution < -0.4 is 16.0 Å². The molecular formula is C14H16FN3. The fraction of sp³-hybridized carbons (Fsp3) is 0.143. The number of rotatable bonds is 3. The number of benzene rings is 2. The molecule has 0 aromatic heterocycles. The molecule has 0 atom stereocenters. The van der Waals surface area contributed by atoms with Crippen LogP contribution in [0.4, 0.5) is 27.1 Å². The van der Waals surface area contributed by atoms with Crippen molar-refractivity contribution in [2.75, 3.05) is 30.0 Å². The van der Waals surface area contributed by atoms with Crippen LogP contribution in [0.2, 0.25) is 0 Å². The summed E-state index contributed by atoms with van der Waals surface area (Å²) in [6.45, 7) is 0. The number of hydrogen-bond donors (Lipinski definition) is 2. The first-order chi connectivity index (χ1) is 8.54. The highest BCUT2D eigenvalue weighted by atomic mass is 19.1. The van der Waals surface area contributed by atoms with Gasteiger partial charge in [-0.25, -0.2) is 4.39 Å². The Morgan fingerprint density at radius 2 is 1.67 bits per heavy atom. The van der Waals surface area contributed by atoms with Crippen molar-refractivity contribution in [3.63, 3.8) is 0 Å². The maximum absolute atomic E-state index is 13.2. The van der Waals surface area contributed by atoms with Gasteiger partial charge < -0.3 is 16.0 Å². The summed E-state index contributed by atoms with van der Waals surface area (Å²) >= 11 is 0. The maximum Gasteiger partial charge on any atom is 0.127 e. The minimum absolute atomic E-state index is 0.345. The van der Waals surface area contributed by atoms with Crippen LogP contribution in [0.5, 0.6) is 0 Å². The Morgan fingerprint density at radius 3 is 2.22 bits per heavy atom. The fourth-order valence-corrected chi connectivity index (χ4v) is 1.69. The lowest BCUT2D eigenvalue weighted by Gasteiger charge is -2.13. The average Bonchev–Trinajstić information content (AvgIpc) is 2.28. The lowest BCUT2D eigenvalue weighted by molar-refractivity contribution is 0.629. The lowest BCUT2D eigenvalue weighted by Crippen LogP contribution is -2.08. The molecule has 0 fully saturated rings. The zero-order valence-corrected chi connectivity index (χ0v) is 10.4. The first-order valence-electron chi connectivity index (χ1n) is 5.65. The molecule has 0 bridgehead atoms. The molecule has 0 amide bonds. The van der Waals surface area contributed by atoms with Crippen molar-refractivity contribution in [2.24, 2.45) is 0 Å². The van der Waals surface area contributed by atoms with Gasteiger partial charge in [-0.2, -0.15) is 0 Å². The number of nitrogens with one attached hydrogen (secondary N) is 1. The molecule has 0 aliphatic rings. The van der Waals surface area contributed by atoms with Gasteiger partial charge in [0.25, 0.3) is 0 Å². The van der Waals surface area contributed by atoms with Gasteiger partial charge in [-0.3, -0.25) is 0 Å². The van der Waals surface area contributed by atoms with Gasteiger partial charge in [0.1, 0.15) is 5.82 Å². The first kappa shape index (κ1) is 12.2. The molecule has 4 heteroatoms. The molecule has 0 unspecified atom stereocenters. The van der Waals surface area contributed by atoms with E-state index in [-0.39, 0.29) is 5.82 Å². The second-order valence-electron chi connectivity index (χ2n) is 4.34. The van der Waals surface area contributed by atoms with Gasteiger partial charge in [0.15, 0.2) is 0 Å². The van der Waals surface area contributed by atoms with E-state index in [1.165, 1.54) is 12.1 Å². The summed E-state index contributed by atoms with van der Waals surface area (Å²) in [5, 5.41) is 3.11. The van der Waals surface area contributed by atoms with Gasteiger partial charge in [0, 0.05) is 36.8 Å². The Hall–Kier alpha value is -2.23. The van der Waals surface area contributed by atoms with Crippen molar-refractivity contribution in [3.05, 3.63) is 48.3 Å². The van der Waals surface area contributed by atoms with Crippen LogP contribution in [0.3, 0.4) is 0 Å². The van der Waals surface area contributed by atoms with Crippen LogP contribution in [-0.4, -0.2) is 14.1 Å². The van der Waals surface area contributed by atoms with Gasteiger partial charge in [0.2, 0.25) is 0 Å². The third-order valence-corrected chi connectivity index (χ3v) is 2.59. The van der Waals surface area contributed by atoms with E-state index >= 15 is 0 Å². The predicted octanol–water partition coefficient (Wildman–Crippen LogP) is 3.22. The summed E-state index contributed by atoms with van der Waals surface area (Å²) in [6, 6.07) is 12.3. The normalized spacial score (nSPS) is 10.2. The van der Waals surface area contributed by atoms with E-state index in [2.05, 4.69) is 5.32 Å². The SMILES string of the molecule is CN(C)c1ccc(Nc2cc(N)cc(F)c2)cc1. The monoisotopic (exact) mass is 245 g/mol. The number of hydrogen-bond acceptors (Lipinski definition) is 3. The summed E-state index contributed by atoms with van der Waals surface area (Å²) < 4.78 is 13.2. The fourth-order valence-electron chi connectivity index (χ4n) is 1.69. The Kier molecular flexibility index (Phi) is 3.37. The predicted molar refractivity (Wildman–Crippen MR) is 74.9 cm³/mol. The Bertz CT molecular complexity index is 515. The second kappa shape index (κ2) is 4.96. The van der Waals surface area contributed by atoms with Crippen LogP contribution in [-0.2, 0) is 0 Å². The van der Waals surface area contributed by atoms with E-state index in [9.17, 15) is 4.39 Å². The minimum Gasteiger partial charge on any atom is -0.399 e. The van der Waals surface area contributed by atoms with Gasteiger partial charge in [-0.15, -0.1) is 0 Å². The van der Waals surface area contributed by atoms with Gasteiger partial charge in [-0.05, 0) is 42.5 Å². The van der Waals surface area contributed by atoms with E-state index < -0.39 is 0 Å². The molecule has 3 N–H and O–H groups in total. The van der Waals surface area contributed by atoms with Crippen LogP contribution in [0.15, 0.2) is 42.5 Å². The average molecular weight is 245 g/mol. The second-order valence-corrected chi connectivity index (χ2v) is 4.34. The maximum atomic E-state index is 13.2. The number of anilines is 4. The molecule has 2 aromatic rings. The topological polar surface area (TPSA) is 41.3 Å². The Labute approximate surface area is 106 Å². The van der Waals surface area contributed by atoms with E-state index in [1.54, 1.807) is 6.07 Å². The lowest BCUT2D eigenvalue weighted by atomic mass is 10.2. The standard InChI is InChI=1S/C14H16FN3/c1-18(2)14-5-3-12(4-6-14)17-13-8-10(15)7-11(16)9-13/h3-9,17H,16H2,1-2H3. The highest BCUT2D eigenvalue weighted by Crippen LogP contribution is 2.22. The Morgan fingerprint density at radius 1 is 1.00 bits per heavy atom. The number of halogens is 1. The highest BCUT2D eigenvalue weighted by molar-refractivity contribution is 5.65. The number of nitrogens with zero attached hydrogens (tertiary/aromatic N) is 1. The number of nitrogen functional groups attached to an aromatic ring is 1. The van der Waals surface area contributed by atoms with Gasteiger partial charge in [0.05, 0.1) is 0 Å². The smallest absolute Gasteiger partial charge is 0.127 e. The van der Waals surface area contributed by atoms with Crippen molar-refractivity contribution >= 4 is 22.7 Å². The molecule has 0 spiro atoms. The Balaban J connectivity index is 2.18. The summed E-state index contributed by atoms with van der Waals surface area (Å²) in [5.74, 6) is -0.345. The third kappa shape index (κ3) is 2.91. The molecule has 0 saturated carbocycles. The van der Waals surface area contributed by atoms with Crippen LogP contribution in [0, 0.1) is 5.82 Å². The van der Waals surface area contributed by atoms with Crippen LogP contribution in [0.1, 0.15) is 0 Å². The van der Waals surface area contributed by atoms with E-state index in [0.717, 1.165) is 11.4 Å². The van der Waals surface area contributed by atoms with Crippen molar-refractivity contribution in [1.29, 1.82) is 0 Å². The third-order valence-electron chi connectivity index (χ3n) is 2.59. The molecule has 0 aliphatic carbocycles. The van der Waals surface area contributed by atoms with E-state index in [1.807, 2.05) is 43.3 Å². The van der Waals surface area contributed by atoms with E-state index in [0.29, 0.717) is 11.4 Å². The summed E-state index contributed by atoms with van der Waals surface area (Å²) in [4.78, 5) is 2.02. The zero-order chi connectivity index (χ0) is 13.1. The largest absolute Gasteiger partial charge is 0.399 e. The highest BCUT2D eigenvalue weighted by Gasteiger charge is 2.00. The van der Waals surface area contributed by atoms with E-state index in [4.69, 9.17) is 5.73 Å². The van der Waals surface area contributed by atoms with Crippen molar-refractivity contribution in [1.82, 2.24) is 0 Å². The molecule has 0 heterocycles. The van der Waals surface area contributed by atoms with Crippen LogP contribution in [0.25, 0.3) is 0 Å². The number of nitrogens with two attached hydrogens (primary N) is 1.